The van der Waals surface area contributed by atoms with Crippen LogP contribution in [-0.2, 0) is 11.3 Å². The fourth-order valence-corrected chi connectivity index (χ4v) is 4.08. The van der Waals surface area contributed by atoms with E-state index in [4.69, 9.17) is 4.74 Å². The van der Waals surface area contributed by atoms with E-state index in [1.165, 1.54) is 43.6 Å². The molecule has 0 bridgehead atoms. The molecule has 0 radical (unpaired) electrons. The maximum absolute atomic E-state index is 5.50. The van der Waals surface area contributed by atoms with Crippen LogP contribution in [0.3, 0.4) is 0 Å². The molecule has 2 N–H and O–H groups in total. The second-order valence-electron chi connectivity index (χ2n) is 8.37. The van der Waals surface area contributed by atoms with Crippen LogP contribution in [-0.4, -0.2) is 69.4 Å². The van der Waals surface area contributed by atoms with Crippen LogP contribution in [0.4, 0.5) is 5.69 Å². The molecule has 2 aliphatic heterocycles. The van der Waals surface area contributed by atoms with Crippen LogP contribution in [0, 0.1) is 0 Å². The predicted molar refractivity (Wildman–Crippen MR) is 117 cm³/mol. The Kier molecular flexibility index (Phi) is 7.57. The number of para-hydroxylation sites is 1. The van der Waals surface area contributed by atoms with Gasteiger partial charge in [-0.1, -0.05) is 24.6 Å². The maximum Gasteiger partial charge on any atom is 0.191 e. The number of rotatable bonds is 6. The van der Waals surface area contributed by atoms with Crippen LogP contribution in [0.15, 0.2) is 29.3 Å². The Morgan fingerprint density at radius 1 is 1.04 bits per heavy atom. The van der Waals surface area contributed by atoms with Crippen molar-refractivity contribution in [2.75, 3.05) is 57.9 Å². The van der Waals surface area contributed by atoms with Gasteiger partial charge in [-0.3, -0.25) is 9.89 Å². The highest BCUT2D eigenvalue weighted by atomic mass is 16.5. The molecule has 0 spiro atoms. The van der Waals surface area contributed by atoms with Crippen LogP contribution in [0.5, 0.6) is 0 Å². The molecule has 3 rings (SSSR count). The van der Waals surface area contributed by atoms with Gasteiger partial charge in [0.05, 0.1) is 13.2 Å². The molecule has 0 unspecified atom stereocenters. The van der Waals surface area contributed by atoms with E-state index in [-0.39, 0.29) is 5.54 Å². The number of piperidine rings is 1. The number of hydrogen-bond acceptors (Lipinski definition) is 4. The molecule has 1 aromatic carbocycles. The number of anilines is 1. The van der Waals surface area contributed by atoms with Gasteiger partial charge in [0.25, 0.3) is 0 Å². The van der Waals surface area contributed by atoms with E-state index in [0.29, 0.717) is 0 Å². The summed E-state index contributed by atoms with van der Waals surface area (Å²) in [6.45, 7) is 12.2. The smallest absolute Gasteiger partial charge is 0.191 e. The zero-order valence-electron chi connectivity index (χ0n) is 17.8. The molecular formula is C22H37N5O. The molecule has 1 aromatic rings. The van der Waals surface area contributed by atoms with Crippen LogP contribution in [0.2, 0.25) is 0 Å². The number of ether oxygens (including phenoxy) is 1. The molecule has 156 valence electrons. The molecule has 2 saturated heterocycles. The SMILES string of the molecule is CN=C(NCc1ccccc1N1CCOCC1)NCC(C)(C)N1CCCCC1. The molecule has 2 aliphatic rings. The van der Waals surface area contributed by atoms with Crippen molar-refractivity contribution in [3.8, 4) is 0 Å². The lowest BCUT2D eigenvalue weighted by molar-refractivity contribution is 0.0982. The third kappa shape index (κ3) is 5.61. The Balaban J connectivity index is 1.54. The second-order valence-corrected chi connectivity index (χ2v) is 8.37. The fraction of sp³-hybridized carbons (Fsp3) is 0.682. The van der Waals surface area contributed by atoms with Gasteiger partial charge in [0.1, 0.15) is 0 Å². The predicted octanol–water partition coefficient (Wildman–Crippen LogP) is 2.45. The summed E-state index contributed by atoms with van der Waals surface area (Å²) < 4.78 is 5.50. The minimum absolute atomic E-state index is 0.129. The molecule has 28 heavy (non-hydrogen) atoms. The first-order valence-corrected chi connectivity index (χ1v) is 10.7. The highest BCUT2D eigenvalue weighted by Crippen LogP contribution is 2.22. The summed E-state index contributed by atoms with van der Waals surface area (Å²) in [6.07, 6.45) is 4.00. The van der Waals surface area contributed by atoms with Crippen molar-refractivity contribution >= 4 is 11.6 Å². The molecule has 0 saturated carbocycles. The Labute approximate surface area is 170 Å². The first kappa shape index (κ1) is 20.9. The second kappa shape index (κ2) is 10.1. The largest absolute Gasteiger partial charge is 0.378 e. The standard InChI is InChI=1S/C22H37N5O/c1-22(2,27-11-7-4-8-12-27)18-25-21(23-3)24-17-19-9-5-6-10-20(19)26-13-15-28-16-14-26/h5-6,9-10H,4,7-8,11-18H2,1-3H3,(H2,23,24,25). The van der Waals surface area contributed by atoms with E-state index in [0.717, 1.165) is 45.4 Å². The summed E-state index contributed by atoms with van der Waals surface area (Å²) in [6, 6.07) is 8.62. The van der Waals surface area contributed by atoms with Crippen molar-refractivity contribution in [3.05, 3.63) is 29.8 Å². The highest BCUT2D eigenvalue weighted by molar-refractivity contribution is 5.80. The fourth-order valence-electron chi connectivity index (χ4n) is 4.08. The van der Waals surface area contributed by atoms with Crippen molar-refractivity contribution in [2.45, 2.75) is 45.2 Å². The monoisotopic (exact) mass is 387 g/mol. The molecular weight excluding hydrogens is 350 g/mol. The van der Waals surface area contributed by atoms with Crippen LogP contribution >= 0.6 is 0 Å². The van der Waals surface area contributed by atoms with Crippen molar-refractivity contribution in [2.24, 2.45) is 4.99 Å². The molecule has 0 aliphatic carbocycles. The van der Waals surface area contributed by atoms with E-state index in [1.807, 2.05) is 7.05 Å². The average molecular weight is 388 g/mol. The van der Waals surface area contributed by atoms with Crippen molar-refractivity contribution in [1.82, 2.24) is 15.5 Å². The summed E-state index contributed by atoms with van der Waals surface area (Å²) in [5.74, 6) is 0.863. The van der Waals surface area contributed by atoms with Crippen molar-refractivity contribution < 1.29 is 4.74 Å². The first-order valence-electron chi connectivity index (χ1n) is 10.7. The number of hydrogen-bond donors (Lipinski definition) is 2. The number of benzene rings is 1. The number of nitrogens with one attached hydrogen (secondary N) is 2. The lowest BCUT2D eigenvalue weighted by Crippen LogP contribution is -2.54. The van der Waals surface area contributed by atoms with Gasteiger partial charge < -0.3 is 20.3 Å². The molecule has 2 heterocycles. The van der Waals surface area contributed by atoms with E-state index >= 15 is 0 Å². The van der Waals surface area contributed by atoms with Crippen LogP contribution in [0.1, 0.15) is 38.7 Å². The Hall–Kier alpha value is -1.79. The van der Waals surface area contributed by atoms with Crippen LogP contribution < -0.4 is 15.5 Å². The van der Waals surface area contributed by atoms with Gasteiger partial charge in [-0.05, 0) is 51.4 Å². The minimum Gasteiger partial charge on any atom is -0.378 e. The summed E-state index contributed by atoms with van der Waals surface area (Å²) in [4.78, 5) is 9.45. The molecule has 2 fully saturated rings. The quantitative estimate of drug-likeness (QED) is 0.580. The van der Waals surface area contributed by atoms with Gasteiger partial charge in [-0.25, -0.2) is 0 Å². The van der Waals surface area contributed by atoms with Gasteiger partial charge in [-0.2, -0.15) is 0 Å². The number of aliphatic imine (C=N–C) groups is 1. The topological polar surface area (TPSA) is 52.1 Å². The van der Waals surface area contributed by atoms with Gasteiger partial charge in [0.2, 0.25) is 0 Å². The molecule has 0 amide bonds. The van der Waals surface area contributed by atoms with E-state index < -0.39 is 0 Å². The number of nitrogens with zero attached hydrogens (tertiary/aromatic N) is 3. The Morgan fingerprint density at radius 2 is 1.75 bits per heavy atom. The van der Waals surface area contributed by atoms with E-state index in [2.05, 4.69) is 63.5 Å². The lowest BCUT2D eigenvalue weighted by Gasteiger charge is -2.41. The van der Waals surface area contributed by atoms with Crippen molar-refractivity contribution in [1.29, 1.82) is 0 Å². The van der Waals surface area contributed by atoms with Gasteiger partial charge in [0.15, 0.2) is 5.96 Å². The Bertz CT molecular complexity index is 634. The zero-order valence-corrected chi connectivity index (χ0v) is 17.8. The third-order valence-corrected chi connectivity index (χ3v) is 5.91. The summed E-state index contributed by atoms with van der Waals surface area (Å²) in [5, 5.41) is 7.04. The number of morpholine rings is 1. The summed E-state index contributed by atoms with van der Waals surface area (Å²) in [5.41, 5.74) is 2.72. The maximum atomic E-state index is 5.50. The van der Waals surface area contributed by atoms with Gasteiger partial charge in [0, 0.05) is 44.5 Å². The van der Waals surface area contributed by atoms with E-state index in [1.54, 1.807) is 0 Å². The van der Waals surface area contributed by atoms with Gasteiger partial charge in [-0.15, -0.1) is 0 Å². The molecule has 0 aromatic heterocycles. The number of guanidine groups is 1. The average Bonchev–Trinajstić information content (AvgIpc) is 2.75. The summed E-state index contributed by atoms with van der Waals surface area (Å²) in [7, 11) is 1.84. The minimum atomic E-state index is 0.129. The van der Waals surface area contributed by atoms with Gasteiger partial charge >= 0.3 is 0 Å². The Morgan fingerprint density at radius 3 is 2.46 bits per heavy atom. The normalized spacial score (nSPS) is 19.5. The molecule has 6 nitrogen and oxygen atoms in total. The van der Waals surface area contributed by atoms with Crippen LogP contribution in [0.25, 0.3) is 0 Å². The highest BCUT2D eigenvalue weighted by Gasteiger charge is 2.27. The third-order valence-electron chi connectivity index (χ3n) is 5.91. The zero-order chi connectivity index (χ0) is 19.8. The number of likely N-dealkylation sites (tertiary alicyclic amines) is 1. The lowest BCUT2D eigenvalue weighted by atomic mass is 9.98. The summed E-state index contributed by atoms with van der Waals surface area (Å²) >= 11 is 0. The molecule has 6 heteroatoms. The molecule has 0 atom stereocenters. The van der Waals surface area contributed by atoms with Crippen molar-refractivity contribution in [3.63, 3.8) is 0 Å². The first-order chi connectivity index (χ1) is 13.6. The van der Waals surface area contributed by atoms with E-state index in [9.17, 15) is 0 Å².